The van der Waals surface area contributed by atoms with Crippen LogP contribution in [0, 0.1) is 0 Å². The van der Waals surface area contributed by atoms with Crippen LogP contribution in [0.2, 0.25) is 0 Å². The van der Waals surface area contributed by atoms with E-state index in [-0.39, 0.29) is 5.95 Å². The van der Waals surface area contributed by atoms with Gasteiger partial charge in [-0.25, -0.2) is 9.97 Å². The van der Waals surface area contributed by atoms with Gasteiger partial charge in [0.15, 0.2) is 5.82 Å². The van der Waals surface area contributed by atoms with Crippen LogP contribution < -0.4 is 10.5 Å². The molecule has 0 saturated carbocycles. The van der Waals surface area contributed by atoms with Gasteiger partial charge in [0.1, 0.15) is 5.75 Å². The Hall–Kier alpha value is -3.81. The molecule has 0 aliphatic carbocycles. The lowest BCUT2D eigenvalue weighted by Crippen LogP contribution is -2.04. The van der Waals surface area contributed by atoms with Crippen molar-refractivity contribution < 1.29 is 4.74 Å². The van der Waals surface area contributed by atoms with Crippen molar-refractivity contribution in [1.29, 1.82) is 0 Å². The second kappa shape index (κ2) is 6.60. The smallest absolute Gasteiger partial charge is 0.220 e. The molecule has 2 aromatic heterocycles. The molecule has 26 heavy (non-hydrogen) atoms. The summed E-state index contributed by atoms with van der Waals surface area (Å²) in [5.41, 5.74) is 8.86. The maximum Gasteiger partial charge on any atom is 0.220 e. The van der Waals surface area contributed by atoms with Crippen LogP contribution in [-0.4, -0.2) is 37.3 Å². The van der Waals surface area contributed by atoms with Crippen LogP contribution in [0.15, 0.2) is 60.8 Å². The molecule has 0 radical (unpaired) electrons. The summed E-state index contributed by atoms with van der Waals surface area (Å²) in [6.07, 6.45) is 1.64. The Morgan fingerprint density at radius 3 is 2.50 bits per heavy atom. The van der Waals surface area contributed by atoms with Gasteiger partial charge >= 0.3 is 0 Å². The predicted molar refractivity (Wildman–Crippen MR) is 96.6 cm³/mol. The van der Waals surface area contributed by atoms with E-state index in [9.17, 15) is 0 Å². The molecule has 0 amide bonds. The second-order valence-electron chi connectivity index (χ2n) is 5.47. The minimum atomic E-state index is 0.191. The van der Waals surface area contributed by atoms with Gasteiger partial charge in [0.2, 0.25) is 5.95 Å². The number of nitrogens with zero attached hydrogens (tertiary/aromatic N) is 6. The van der Waals surface area contributed by atoms with E-state index in [0.29, 0.717) is 17.1 Å². The molecular weight excluding hydrogens is 330 g/mol. The molecular formula is C18H15N7O. The SMILES string of the molecule is COc1ccc(-n2nnnc2-c2cnc(N)nc2-c2ccccc2)cc1. The van der Waals surface area contributed by atoms with E-state index in [1.165, 1.54) is 0 Å². The van der Waals surface area contributed by atoms with Gasteiger partial charge in [0.05, 0.1) is 24.1 Å². The second-order valence-corrected chi connectivity index (χ2v) is 5.47. The van der Waals surface area contributed by atoms with Crippen molar-refractivity contribution in [3.63, 3.8) is 0 Å². The van der Waals surface area contributed by atoms with Gasteiger partial charge in [-0.3, -0.25) is 0 Å². The summed E-state index contributed by atoms with van der Waals surface area (Å²) >= 11 is 0. The third-order valence-electron chi connectivity index (χ3n) is 3.88. The first-order chi connectivity index (χ1) is 12.8. The van der Waals surface area contributed by atoms with Crippen molar-refractivity contribution >= 4 is 5.95 Å². The van der Waals surface area contributed by atoms with Crippen LogP contribution in [0.3, 0.4) is 0 Å². The van der Waals surface area contributed by atoms with Crippen molar-refractivity contribution in [2.24, 2.45) is 0 Å². The Balaban J connectivity index is 1.86. The van der Waals surface area contributed by atoms with Crippen LogP contribution >= 0.6 is 0 Å². The average Bonchev–Trinajstić information content (AvgIpc) is 3.18. The van der Waals surface area contributed by atoms with Crippen LogP contribution in [0.4, 0.5) is 5.95 Å². The number of methoxy groups -OCH3 is 1. The number of aromatic nitrogens is 6. The highest BCUT2D eigenvalue weighted by molar-refractivity contribution is 5.78. The van der Waals surface area contributed by atoms with Crippen molar-refractivity contribution in [3.05, 3.63) is 60.8 Å². The lowest BCUT2D eigenvalue weighted by atomic mass is 10.1. The summed E-state index contributed by atoms with van der Waals surface area (Å²) in [7, 11) is 1.62. The van der Waals surface area contributed by atoms with Crippen molar-refractivity contribution in [2.75, 3.05) is 12.8 Å². The fraction of sp³-hybridized carbons (Fsp3) is 0.0556. The van der Waals surface area contributed by atoms with Crippen LogP contribution in [-0.2, 0) is 0 Å². The number of benzene rings is 2. The van der Waals surface area contributed by atoms with Gasteiger partial charge in [-0.2, -0.15) is 4.68 Å². The lowest BCUT2D eigenvalue weighted by Gasteiger charge is -2.10. The largest absolute Gasteiger partial charge is 0.497 e. The molecule has 0 unspecified atom stereocenters. The number of anilines is 1. The van der Waals surface area contributed by atoms with E-state index >= 15 is 0 Å². The van der Waals surface area contributed by atoms with Crippen LogP contribution in [0.25, 0.3) is 28.3 Å². The monoisotopic (exact) mass is 345 g/mol. The minimum absolute atomic E-state index is 0.191. The van der Waals surface area contributed by atoms with Gasteiger partial charge in [-0.05, 0) is 34.7 Å². The maximum atomic E-state index is 5.80. The number of ether oxygens (including phenoxy) is 1. The predicted octanol–water partition coefficient (Wildman–Crippen LogP) is 2.38. The summed E-state index contributed by atoms with van der Waals surface area (Å²) in [6, 6.07) is 17.2. The number of hydrogen-bond acceptors (Lipinski definition) is 7. The fourth-order valence-electron chi connectivity index (χ4n) is 2.63. The lowest BCUT2D eigenvalue weighted by molar-refractivity contribution is 0.414. The standard InChI is InChI=1S/C18H15N7O/c1-26-14-9-7-13(8-10-14)25-17(22-23-24-25)15-11-20-18(19)21-16(15)12-5-3-2-4-6-12/h2-11H,1H3,(H2,19,20,21). The van der Waals surface area contributed by atoms with E-state index in [1.54, 1.807) is 18.0 Å². The summed E-state index contributed by atoms with van der Waals surface area (Å²) < 4.78 is 6.82. The third-order valence-corrected chi connectivity index (χ3v) is 3.88. The molecule has 0 saturated heterocycles. The number of nitrogens with two attached hydrogens (primary N) is 1. The number of nitrogen functional groups attached to an aromatic ring is 1. The van der Waals surface area contributed by atoms with E-state index in [1.807, 2.05) is 54.6 Å². The van der Waals surface area contributed by atoms with Gasteiger partial charge in [0, 0.05) is 11.8 Å². The molecule has 4 rings (SSSR count). The normalized spacial score (nSPS) is 10.7. The van der Waals surface area contributed by atoms with Crippen molar-refractivity contribution in [1.82, 2.24) is 30.2 Å². The molecule has 0 fully saturated rings. The first-order valence-electron chi connectivity index (χ1n) is 7.87. The molecule has 2 N–H and O–H groups in total. The first kappa shape index (κ1) is 15.7. The Bertz CT molecular complexity index is 1030. The summed E-state index contributed by atoms with van der Waals surface area (Å²) in [5, 5.41) is 12.1. The molecule has 0 aliphatic heterocycles. The zero-order valence-electron chi connectivity index (χ0n) is 13.9. The zero-order chi connectivity index (χ0) is 17.9. The van der Waals surface area contributed by atoms with Crippen molar-refractivity contribution in [3.8, 4) is 34.1 Å². The number of rotatable bonds is 4. The van der Waals surface area contributed by atoms with Gasteiger partial charge in [-0.15, -0.1) is 5.10 Å². The Morgan fingerprint density at radius 1 is 1.00 bits per heavy atom. The summed E-state index contributed by atoms with van der Waals surface area (Å²) in [4.78, 5) is 8.52. The van der Waals surface area contributed by atoms with Gasteiger partial charge in [-0.1, -0.05) is 30.3 Å². The van der Waals surface area contributed by atoms with Crippen LogP contribution in [0.1, 0.15) is 0 Å². The first-order valence-corrected chi connectivity index (χ1v) is 7.87. The Kier molecular flexibility index (Phi) is 3.98. The molecule has 8 heteroatoms. The van der Waals surface area contributed by atoms with Crippen LogP contribution in [0.5, 0.6) is 5.75 Å². The maximum absolute atomic E-state index is 5.80. The molecule has 0 atom stereocenters. The molecule has 2 heterocycles. The average molecular weight is 345 g/mol. The summed E-state index contributed by atoms with van der Waals surface area (Å²) in [6.45, 7) is 0. The van der Waals surface area contributed by atoms with E-state index in [2.05, 4.69) is 25.5 Å². The van der Waals surface area contributed by atoms with Gasteiger partial charge < -0.3 is 10.5 Å². The molecule has 2 aromatic carbocycles. The third kappa shape index (κ3) is 2.84. The minimum Gasteiger partial charge on any atom is -0.497 e. The highest BCUT2D eigenvalue weighted by Gasteiger charge is 2.18. The molecule has 0 bridgehead atoms. The number of tetrazole rings is 1. The molecule has 0 spiro atoms. The van der Waals surface area contributed by atoms with Crippen molar-refractivity contribution in [2.45, 2.75) is 0 Å². The topological polar surface area (TPSA) is 105 Å². The van der Waals surface area contributed by atoms with Gasteiger partial charge in [0.25, 0.3) is 0 Å². The van der Waals surface area contributed by atoms with E-state index in [4.69, 9.17) is 10.5 Å². The molecule has 0 aliphatic rings. The quantitative estimate of drug-likeness (QED) is 0.605. The Morgan fingerprint density at radius 2 is 1.77 bits per heavy atom. The fourth-order valence-corrected chi connectivity index (χ4v) is 2.63. The van der Waals surface area contributed by atoms with E-state index in [0.717, 1.165) is 17.0 Å². The number of hydrogen-bond donors (Lipinski definition) is 1. The molecule has 128 valence electrons. The van der Waals surface area contributed by atoms with E-state index < -0.39 is 0 Å². The highest BCUT2D eigenvalue weighted by Crippen LogP contribution is 2.30. The highest BCUT2D eigenvalue weighted by atomic mass is 16.5. The Labute approximate surface area is 149 Å². The molecule has 8 nitrogen and oxygen atoms in total. The molecule has 4 aromatic rings. The summed E-state index contributed by atoms with van der Waals surface area (Å²) in [5.74, 6) is 1.47. The zero-order valence-corrected chi connectivity index (χ0v) is 13.9.